The van der Waals surface area contributed by atoms with Crippen molar-refractivity contribution < 1.29 is 19.5 Å². The highest BCUT2D eigenvalue weighted by atomic mass is 16.7. The van der Waals surface area contributed by atoms with Gasteiger partial charge in [-0.1, -0.05) is 6.92 Å². The average Bonchev–Trinajstić information content (AvgIpc) is 2.40. The third kappa shape index (κ3) is 1.82. The summed E-state index contributed by atoms with van der Waals surface area (Å²) in [5.74, 6) is -0.381. The summed E-state index contributed by atoms with van der Waals surface area (Å²) >= 11 is 0. The zero-order valence-corrected chi connectivity index (χ0v) is 8.06. The van der Waals surface area contributed by atoms with Crippen LogP contribution in [0, 0.1) is 5.92 Å². The summed E-state index contributed by atoms with van der Waals surface area (Å²) in [6.45, 7) is 1.77. The van der Waals surface area contributed by atoms with Crippen LogP contribution in [0.3, 0.4) is 0 Å². The van der Waals surface area contributed by atoms with Crippen LogP contribution in [0.4, 0.5) is 0 Å². The monoisotopic (exact) mass is 189 g/mol. The summed E-state index contributed by atoms with van der Waals surface area (Å²) in [7, 11) is 3.00. The van der Waals surface area contributed by atoms with Gasteiger partial charge in [0.1, 0.15) is 12.1 Å². The van der Waals surface area contributed by atoms with Gasteiger partial charge >= 0.3 is 5.97 Å². The summed E-state index contributed by atoms with van der Waals surface area (Å²) in [6, 6.07) is -0.415. The van der Waals surface area contributed by atoms with E-state index in [0.29, 0.717) is 0 Å². The summed E-state index contributed by atoms with van der Waals surface area (Å²) in [6.07, 6.45) is -0.311. The quantitative estimate of drug-likeness (QED) is 0.588. The molecule has 0 saturated carbocycles. The normalized spacial score (nSPS) is 34.9. The molecule has 1 aliphatic rings. The van der Waals surface area contributed by atoms with Gasteiger partial charge in [0.15, 0.2) is 0 Å². The van der Waals surface area contributed by atoms with Crippen molar-refractivity contribution in [3.8, 4) is 0 Å². The molecule has 5 heteroatoms. The van der Waals surface area contributed by atoms with Crippen molar-refractivity contribution in [3.63, 3.8) is 0 Å². The van der Waals surface area contributed by atoms with E-state index in [1.807, 2.05) is 6.92 Å². The predicted octanol–water partition coefficient (Wildman–Crippen LogP) is -0.598. The molecule has 1 fully saturated rings. The Balaban J connectivity index is 2.69. The van der Waals surface area contributed by atoms with Crippen LogP contribution < -0.4 is 0 Å². The second-order valence-corrected chi connectivity index (χ2v) is 3.20. The van der Waals surface area contributed by atoms with Gasteiger partial charge in [-0.2, -0.15) is 5.06 Å². The predicted molar refractivity (Wildman–Crippen MR) is 44.7 cm³/mol. The molecule has 1 rings (SSSR count). The molecule has 0 aromatic heterocycles. The lowest BCUT2D eigenvalue weighted by atomic mass is 9.98. The maximum atomic E-state index is 11.3. The van der Waals surface area contributed by atoms with Crippen LogP contribution in [-0.4, -0.2) is 49.0 Å². The highest BCUT2D eigenvalue weighted by molar-refractivity contribution is 5.76. The highest BCUT2D eigenvalue weighted by Crippen LogP contribution is 2.26. The molecule has 1 heterocycles. The van der Waals surface area contributed by atoms with Gasteiger partial charge in [-0.15, -0.1) is 0 Å². The van der Waals surface area contributed by atoms with Crippen LogP contribution in [0.25, 0.3) is 0 Å². The Hall–Kier alpha value is -0.650. The molecule has 0 amide bonds. The van der Waals surface area contributed by atoms with E-state index in [0.717, 1.165) is 0 Å². The van der Waals surface area contributed by atoms with Crippen LogP contribution in [0.2, 0.25) is 0 Å². The van der Waals surface area contributed by atoms with Gasteiger partial charge in [-0.3, -0.25) is 9.63 Å². The maximum Gasteiger partial charge on any atom is 0.325 e. The number of hydroxylamine groups is 2. The van der Waals surface area contributed by atoms with Crippen molar-refractivity contribution in [1.82, 2.24) is 5.06 Å². The molecule has 76 valence electrons. The van der Waals surface area contributed by atoms with E-state index in [1.165, 1.54) is 12.2 Å². The van der Waals surface area contributed by atoms with Gasteiger partial charge in [0.2, 0.25) is 0 Å². The van der Waals surface area contributed by atoms with E-state index >= 15 is 0 Å². The van der Waals surface area contributed by atoms with Gasteiger partial charge in [0, 0.05) is 13.0 Å². The van der Waals surface area contributed by atoms with E-state index in [9.17, 15) is 4.79 Å². The summed E-state index contributed by atoms with van der Waals surface area (Å²) in [5, 5.41) is 10.4. The van der Waals surface area contributed by atoms with Crippen molar-refractivity contribution in [3.05, 3.63) is 0 Å². The number of carbonyl (C=O) groups is 1. The van der Waals surface area contributed by atoms with Crippen molar-refractivity contribution in [1.29, 1.82) is 0 Å². The number of aliphatic hydroxyl groups is 1. The van der Waals surface area contributed by atoms with E-state index in [-0.39, 0.29) is 24.6 Å². The van der Waals surface area contributed by atoms with E-state index in [2.05, 4.69) is 4.74 Å². The van der Waals surface area contributed by atoms with Crippen molar-refractivity contribution in [2.24, 2.45) is 5.92 Å². The van der Waals surface area contributed by atoms with Crippen molar-refractivity contribution in [2.75, 3.05) is 20.8 Å². The number of rotatable bonds is 2. The Bertz CT molecular complexity index is 197. The fourth-order valence-corrected chi connectivity index (χ4v) is 1.59. The minimum atomic E-state index is -0.415. The number of esters is 1. The molecule has 1 N–H and O–H groups in total. The van der Waals surface area contributed by atoms with E-state index < -0.39 is 6.04 Å². The van der Waals surface area contributed by atoms with Gasteiger partial charge in [-0.05, 0) is 0 Å². The Morgan fingerprint density at radius 2 is 2.31 bits per heavy atom. The molecule has 0 aliphatic carbocycles. The second-order valence-electron chi connectivity index (χ2n) is 3.20. The Morgan fingerprint density at radius 3 is 2.69 bits per heavy atom. The molecule has 3 atom stereocenters. The molecular weight excluding hydrogens is 174 g/mol. The van der Waals surface area contributed by atoms with Gasteiger partial charge in [-0.25, -0.2) is 0 Å². The van der Waals surface area contributed by atoms with Crippen LogP contribution in [0.15, 0.2) is 0 Å². The standard InChI is InChI=1S/C8H15NO4/c1-5-6(4-10)13-9(2)7(5)8(11)12-3/h5-7,10H,4H2,1-3H3/t5-,6+,7+/m1/s1. The minimum Gasteiger partial charge on any atom is -0.468 e. The first-order valence-corrected chi connectivity index (χ1v) is 4.20. The fraction of sp³-hybridized carbons (Fsp3) is 0.875. The molecule has 13 heavy (non-hydrogen) atoms. The molecule has 0 aromatic rings. The number of carbonyl (C=O) groups excluding carboxylic acids is 1. The molecule has 1 saturated heterocycles. The number of hydrogen-bond acceptors (Lipinski definition) is 5. The molecule has 0 spiro atoms. The van der Waals surface area contributed by atoms with Crippen molar-refractivity contribution in [2.45, 2.75) is 19.1 Å². The topological polar surface area (TPSA) is 59.0 Å². The molecule has 0 aromatic carbocycles. The van der Waals surface area contributed by atoms with Gasteiger partial charge < -0.3 is 9.84 Å². The molecule has 0 bridgehead atoms. The first-order valence-electron chi connectivity index (χ1n) is 4.20. The number of hydrogen-bond donors (Lipinski definition) is 1. The fourth-order valence-electron chi connectivity index (χ4n) is 1.59. The van der Waals surface area contributed by atoms with E-state index in [1.54, 1.807) is 7.05 Å². The van der Waals surface area contributed by atoms with Crippen LogP contribution in [0.5, 0.6) is 0 Å². The zero-order valence-electron chi connectivity index (χ0n) is 8.06. The Morgan fingerprint density at radius 1 is 1.69 bits per heavy atom. The maximum absolute atomic E-state index is 11.3. The third-order valence-corrected chi connectivity index (χ3v) is 2.40. The first-order chi connectivity index (χ1) is 6.11. The number of methoxy groups -OCH3 is 1. The van der Waals surface area contributed by atoms with Gasteiger partial charge in [0.25, 0.3) is 0 Å². The molecule has 0 radical (unpaired) electrons. The Labute approximate surface area is 77.2 Å². The van der Waals surface area contributed by atoms with Crippen LogP contribution >= 0.6 is 0 Å². The highest BCUT2D eigenvalue weighted by Gasteiger charge is 2.43. The van der Waals surface area contributed by atoms with Crippen LogP contribution in [-0.2, 0) is 14.4 Å². The van der Waals surface area contributed by atoms with Gasteiger partial charge in [0.05, 0.1) is 13.7 Å². The van der Waals surface area contributed by atoms with E-state index in [4.69, 9.17) is 9.94 Å². The lowest BCUT2D eigenvalue weighted by Crippen LogP contribution is -2.37. The summed E-state index contributed by atoms with van der Waals surface area (Å²) in [4.78, 5) is 16.5. The number of likely N-dealkylation sites (N-methyl/N-ethyl adjacent to an activating group) is 1. The molecule has 5 nitrogen and oxygen atoms in total. The molecule has 1 aliphatic heterocycles. The largest absolute Gasteiger partial charge is 0.468 e. The number of aliphatic hydroxyl groups excluding tert-OH is 1. The van der Waals surface area contributed by atoms with Crippen molar-refractivity contribution >= 4 is 5.97 Å². The lowest BCUT2D eigenvalue weighted by Gasteiger charge is -2.16. The molecular formula is C8H15NO4. The smallest absolute Gasteiger partial charge is 0.325 e. The Kier molecular flexibility index (Phi) is 3.24. The summed E-state index contributed by atoms with van der Waals surface area (Å²) in [5.41, 5.74) is 0. The number of nitrogens with zero attached hydrogens (tertiary/aromatic N) is 1. The second kappa shape index (κ2) is 4.04. The summed E-state index contributed by atoms with van der Waals surface area (Å²) < 4.78 is 4.63. The lowest BCUT2D eigenvalue weighted by molar-refractivity contribution is -0.173. The average molecular weight is 189 g/mol. The molecule has 0 unspecified atom stereocenters. The SMILES string of the molecule is COC(=O)[C@@H]1[C@H](C)[C@H](CO)ON1C. The van der Waals surface area contributed by atoms with Crippen LogP contribution in [0.1, 0.15) is 6.92 Å². The zero-order chi connectivity index (χ0) is 10.0. The third-order valence-electron chi connectivity index (χ3n) is 2.40. The number of ether oxygens (including phenoxy) is 1. The first kappa shape index (κ1) is 10.4. The minimum absolute atomic E-state index is 0.0533.